The molecule has 4 heteroatoms. The van der Waals surface area contributed by atoms with E-state index >= 15 is 0 Å². The van der Waals surface area contributed by atoms with Crippen LogP contribution in [0.1, 0.15) is 56.1 Å². The number of hydrogen-bond acceptors (Lipinski definition) is 4. The highest BCUT2D eigenvalue weighted by Crippen LogP contribution is 2.39. The second kappa shape index (κ2) is 8.23. The zero-order valence-electron chi connectivity index (χ0n) is 18.3. The van der Waals surface area contributed by atoms with Gasteiger partial charge in [-0.25, -0.2) is 0 Å². The molecule has 1 saturated carbocycles. The summed E-state index contributed by atoms with van der Waals surface area (Å²) in [4.78, 5) is 14.6. The van der Waals surface area contributed by atoms with Gasteiger partial charge in [0.25, 0.3) is 0 Å². The van der Waals surface area contributed by atoms with Crippen LogP contribution in [0.3, 0.4) is 0 Å². The first-order valence-electron chi connectivity index (χ1n) is 12.1. The smallest absolute Gasteiger partial charge is 0.0694 e. The van der Waals surface area contributed by atoms with Crippen molar-refractivity contribution in [3.05, 3.63) is 65.5 Å². The molecule has 6 rings (SSSR count). The third kappa shape index (κ3) is 3.71. The average Bonchev–Trinajstić information content (AvgIpc) is 3.58. The Morgan fingerprint density at radius 1 is 0.903 bits per heavy atom. The van der Waals surface area contributed by atoms with Crippen LogP contribution in [0.5, 0.6) is 0 Å². The number of pyridine rings is 1. The summed E-state index contributed by atoms with van der Waals surface area (Å²) >= 11 is 0. The van der Waals surface area contributed by atoms with Crippen LogP contribution in [-0.4, -0.2) is 53.4 Å². The highest BCUT2D eigenvalue weighted by atomic mass is 15.4. The Morgan fingerprint density at radius 2 is 1.77 bits per heavy atom. The first kappa shape index (κ1) is 19.2. The summed E-state index contributed by atoms with van der Waals surface area (Å²) in [6.07, 6.45) is 15.4. The molecule has 4 nitrogen and oxygen atoms in total. The number of likely N-dealkylation sites (tertiary alicyclic amines) is 1. The zero-order chi connectivity index (χ0) is 20.6. The van der Waals surface area contributed by atoms with E-state index in [1.165, 1.54) is 62.0 Å². The molecule has 2 atom stereocenters. The molecule has 31 heavy (non-hydrogen) atoms. The topological polar surface area (TPSA) is 31.7 Å². The van der Waals surface area contributed by atoms with Crippen molar-refractivity contribution in [1.29, 1.82) is 0 Å². The summed E-state index contributed by atoms with van der Waals surface area (Å²) in [6, 6.07) is 15.7. The summed E-state index contributed by atoms with van der Waals surface area (Å²) in [5.74, 6) is 0. The van der Waals surface area contributed by atoms with Gasteiger partial charge in [-0.2, -0.15) is 0 Å². The molecule has 0 spiro atoms. The van der Waals surface area contributed by atoms with Crippen LogP contribution in [0.2, 0.25) is 0 Å². The molecule has 0 radical (unpaired) electrons. The molecule has 4 aliphatic rings. The predicted molar refractivity (Wildman–Crippen MR) is 128 cm³/mol. The summed E-state index contributed by atoms with van der Waals surface area (Å²) in [5, 5.41) is 0. The average molecular weight is 413 g/mol. The third-order valence-electron chi connectivity index (χ3n) is 7.76. The number of anilines is 1. The lowest BCUT2D eigenvalue weighted by Gasteiger charge is -2.38. The molecule has 2 saturated heterocycles. The highest BCUT2D eigenvalue weighted by molar-refractivity contribution is 6.15. The molecule has 3 aliphatic heterocycles. The minimum Gasteiger partial charge on any atom is -0.366 e. The van der Waals surface area contributed by atoms with Crippen LogP contribution in [0.25, 0.3) is 6.08 Å². The Balaban J connectivity index is 1.17. The van der Waals surface area contributed by atoms with Crippen LogP contribution >= 0.6 is 0 Å². The molecule has 4 heterocycles. The number of benzene rings is 1. The number of piperazine rings is 1. The first-order chi connectivity index (χ1) is 15.3. The van der Waals surface area contributed by atoms with Gasteiger partial charge >= 0.3 is 0 Å². The van der Waals surface area contributed by atoms with E-state index in [-0.39, 0.29) is 0 Å². The Bertz CT molecular complexity index is 972. The molecule has 1 aromatic carbocycles. The van der Waals surface area contributed by atoms with Crippen molar-refractivity contribution in [2.24, 2.45) is 4.99 Å². The largest absolute Gasteiger partial charge is 0.366 e. The second-order valence-electron chi connectivity index (χ2n) is 9.67. The van der Waals surface area contributed by atoms with Gasteiger partial charge in [0.05, 0.1) is 5.71 Å². The first-order valence-corrected chi connectivity index (χ1v) is 12.1. The van der Waals surface area contributed by atoms with Crippen molar-refractivity contribution < 1.29 is 0 Å². The fourth-order valence-electron chi connectivity index (χ4n) is 6.26. The van der Waals surface area contributed by atoms with Gasteiger partial charge in [-0.15, -0.1) is 0 Å². The second-order valence-corrected chi connectivity index (χ2v) is 9.67. The zero-order valence-corrected chi connectivity index (χ0v) is 18.3. The van der Waals surface area contributed by atoms with Crippen LogP contribution in [0, 0.1) is 0 Å². The number of nitrogens with zero attached hydrogens (tertiary/aromatic N) is 4. The normalized spacial score (nSPS) is 27.9. The monoisotopic (exact) mass is 412 g/mol. The quantitative estimate of drug-likeness (QED) is 0.712. The number of aromatic nitrogens is 1. The molecule has 0 amide bonds. The summed E-state index contributed by atoms with van der Waals surface area (Å²) in [5.41, 5.74) is 6.25. The summed E-state index contributed by atoms with van der Waals surface area (Å²) < 4.78 is 0. The molecule has 160 valence electrons. The van der Waals surface area contributed by atoms with Gasteiger partial charge in [0.1, 0.15) is 0 Å². The van der Waals surface area contributed by atoms with Crippen molar-refractivity contribution in [3.63, 3.8) is 0 Å². The maximum atomic E-state index is 4.82. The van der Waals surface area contributed by atoms with Crippen LogP contribution in [0.4, 0.5) is 5.69 Å². The lowest BCUT2D eigenvalue weighted by molar-refractivity contribution is 0.170. The van der Waals surface area contributed by atoms with Crippen LogP contribution < -0.4 is 4.90 Å². The van der Waals surface area contributed by atoms with Gasteiger partial charge < -0.3 is 4.90 Å². The molecule has 0 unspecified atom stereocenters. The SMILES string of the molecule is C(=C1CCCN=C1c1cccnc1)c1ccc(N2C[C@@H]3C[C@H]2CN3C2CCCC2)cc1. The number of fused-ring (bicyclic) bond motifs is 2. The third-order valence-corrected chi connectivity index (χ3v) is 7.76. The molecule has 1 aromatic heterocycles. The van der Waals surface area contributed by atoms with Crippen LogP contribution in [-0.2, 0) is 0 Å². The lowest BCUT2D eigenvalue weighted by Crippen LogP contribution is -2.49. The van der Waals surface area contributed by atoms with Gasteiger partial charge in [-0.05, 0) is 73.6 Å². The van der Waals surface area contributed by atoms with Gasteiger partial charge in [-0.1, -0.05) is 25.0 Å². The van der Waals surface area contributed by atoms with Crippen molar-refractivity contribution in [2.45, 2.75) is 63.1 Å². The molecule has 1 aliphatic carbocycles. The Morgan fingerprint density at radius 3 is 2.52 bits per heavy atom. The maximum absolute atomic E-state index is 4.82. The van der Waals surface area contributed by atoms with E-state index in [1.807, 2.05) is 18.5 Å². The van der Waals surface area contributed by atoms with E-state index in [0.717, 1.165) is 42.7 Å². The van der Waals surface area contributed by atoms with Crippen molar-refractivity contribution in [1.82, 2.24) is 9.88 Å². The molecular weight excluding hydrogens is 380 g/mol. The fraction of sp³-hybridized carbons (Fsp3) is 0.481. The van der Waals surface area contributed by atoms with E-state index in [9.17, 15) is 0 Å². The van der Waals surface area contributed by atoms with Gasteiger partial charge in [-0.3, -0.25) is 14.9 Å². The van der Waals surface area contributed by atoms with E-state index in [1.54, 1.807) is 0 Å². The van der Waals surface area contributed by atoms with Crippen molar-refractivity contribution >= 4 is 17.5 Å². The van der Waals surface area contributed by atoms with Gasteiger partial charge in [0.2, 0.25) is 0 Å². The Kier molecular flexibility index (Phi) is 5.11. The highest BCUT2D eigenvalue weighted by Gasteiger charge is 2.45. The minimum atomic E-state index is 0.706. The van der Waals surface area contributed by atoms with E-state index in [2.05, 4.69) is 51.2 Å². The van der Waals surface area contributed by atoms with Gasteiger partial charge in [0, 0.05) is 61.4 Å². The Labute approximate surface area is 185 Å². The number of aliphatic imine (C=N–C) groups is 1. The summed E-state index contributed by atoms with van der Waals surface area (Å²) in [6.45, 7) is 3.39. The maximum Gasteiger partial charge on any atom is 0.0694 e. The molecule has 3 fully saturated rings. The fourth-order valence-corrected chi connectivity index (χ4v) is 6.26. The standard InChI is InChI=1S/C27H32N4/c1-2-8-23(7-1)30-18-26-16-25(30)19-31(26)24-11-9-20(10-12-24)15-21-5-4-14-29-27(21)22-6-3-13-28-17-22/h3,6,9-13,15,17,23,25-26H,1-2,4-5,7-8,14,16,18-19H2/t25-,26-/m0/s1. The predicted octanol–water partition coefficient (Wildman–Crippen LogP) is 4.95. The number of rotatable bonds is 4. The van der Waals surface area contributed by atoms with E-state index < -0.39 is 0 Å². The molecule has 2 aromatic rings. The molecule has 2 bridgehead atoms. The van der Waals surface area contributed by atoms with Crippen molar-refractivity contribution in [2.75, 3.05) is 24.5 Å². The molecular formula is C27H32N4. The lowest BCUT2D eigenvalue weighted by atomic mass is 9.95. The molecule has 0 N–H and O–H groups in total. The number of allylic oxidation sites excluding steroid dienone is 1. The van der Waals surface area contributed by atoms with E-state index in [4.69, 9.17) is 4.99 Å². The minimum absolute atomic E-state index is 0.706. The summed E-state index contributed by atoms with van der Waals surface area (Å²) in [7, 11) is 0. The van der Waals surface area contributed by atoms with Crippen molar-refractivity contribution in [3.8, 4) is 0 Å². The number of hydrogen-bond donors (Lipinski definition) is 0. The van der Waals surface area contributed by atoms with E-state index in [0.29, 0.717) is 6.04 Å². The van der Waals surface area contributed by atoms with Gasteiger partial charge in [0.15, 0.2) is 0 Å². The van der Waals surface area contributed by atoms with Crippen LogP contribution in [0.15, 0.2) is 59.4 Å². The Hall–Kier alpha value is -2.46.